The van der Waals surface area contributed by atoms with E-state index >= 15 is 0 Å². The Hall–Kier alpha value is -2.48. The summed E-state index contributed by atoms with van der Waals surface area (Å²) < 4.78 is 7.50. The summed E-state index contributed by atoms with van der Waals surface area (Å²) in [6.07, 6.45) is 2.73. The van der Waals surface area contributed by atoms with Crippen LogP contribution in [0.3, 0.4) is 0 Å². The van der Waals surface area contributed by atoms with Crippen LogP contribution in [-0.4, -0.2) is 56.4 Å². The standard InChI is InChI=1S/C17H23N5O3/c1-12-7-13(2)22(20-12)10-17(24)21-5-6-25-15(9-21)4-3-14-8-16(23)19-11-18-14/h7-8,11,15H,3-6,9-10H2,1-2H3,(H,18,19,23)/t15-/m1/s1. The summed E-state index contributed by atoms with van der Waals surface area (Å²) in [6, 6.07) is 3.46. The molecule has 1 fully saturated rings. The molecule has 0 spiro atoms. The maximum Gasteiger partial charge on any atom is 0.250 e. The molecule has 8 heteroatoms. The van der Waals surface area contributed by atoms with Crippen molar-refractivity contribution < 1.29 is 9.53 Å². The SMILES string of the molecule is Cc1cc(C)n(CC(=O)N2CCO[C@H](CCc3cc(=O)[nH]cn3)C2)n1. The molecule has 2 aromatic heterocycles. The molecule has 1 aliphatic heterocycles. The van der Waals surface area contributed by atoms with Gasteiger partial charge in [0.1, 0.15) is 6.54 Å². The molecule has 0 unspecified atom stereocenters. The molecular weight excluding hydrogens is 322 g/mol. The molecule has 3 rings (SSSR count). The van der Waals surface area contributed by atoms with E-state index in [1.165, 1.54) is 12.4 Å². The van der Waals surface area contributed by atoms with Crippen molar-refractivity contribution in [3.05, 3.63) is 45.9 Å². The third kappa shape index (κ3) is 4.54. The van der Waals surface area contributed by atoms with Crippen LogP contribution in [0.25, 0.3) is 0 Å². The predicted molar refractivity (Wildman–Crippen MR) is 91.2 cm³/mol. The van der Waals surface area contributed by atoms with Crippen molar-refractivity contribution in [1.82, 2.24) is 24.6 Å². The Balaban J connectivity index is 1.54. The highest BCUT2D eigenvalue weighted by atomic mass is 16.5. The number of aryl methyl sites for hydroxylation is 3. The molecule has 1 aliphatic rings. The van der Waals surface area contributed by atoms with Gasteiger partial charge in [-0.15, -0.1) is 0 Å². The first-order chi connectivity index (χ1) is 12.0. The largest absolute Gasteiger partial charge is 0.375 e. The molecule has 1 amide bonds. The summed E-state index contributed by atoms with van der Waals surface area (Å²) in [5.74, 6) is 0.0498. The minimum absolute atomic E-state index is 0.0424. The van der Waals surface area contributed by atoms with Gasteiger partial charge >= 0.3 is 0 Å². The zero-order valence-corrected chi connectivity index (χ0v) is 14.6. The zero-order valence-electron chi connectivity index (χ0n) is 14.6. The molecule has 3 heterocycles. The molecule has 1 saturated heterocycles. The first-order valence-electron chi connectivity index (χ1n) is 8.45. The number of aromatic nitrogens is 4. The number of H-pyrrole nitrogens is 1. The van der Waals surface area contributed by atoms with E-state index < -0.39 is 0 Å². The van der Waals surface area contributed by atoms with Crippen molar-refractivity contribution in [3.63, 3.8) is 0 Å². The van der Waals surface area contributed by atoms with Gasteiger partial charge in [-0.2, -0.15) is 5.10 Å². The normalized spacial score (nSPS) is 17.7. The van der Waals surface area contributed by atoms with Gasteiger partial charge in [0.2, 0.25) is 5.91 Å². The third-order valence-electron chi connectivity index (χ3n) is 4.34. The highest BCUT2D eigenvalue weighted by molar-refractivity contribution is 5.76. The number of morpholine rings is 1. The van der Waals surface area contributed by atoms with E-state index in [9.17, 15) is 9.59 Å². The van der Waals surface area contributed by atoms with Crippen LogP contribution in [0.2, 0.25) is 0 Å². The smallest absolute Gasteiger partial charge is 0.250 e. The maximum absolute atomic E-state index is 12.5. The second-order valence-corrected chi connectivity index (χ2v) is 6.36. The lowest BCUT2D eigenvalue weighted by Crippen LogP contribution is -2.47. The van der Waals surface area contributed by atoms with Crippen molar-refractivity contribution in [3.8, 4) is 0 Å². The fraction of sp³-hybridized carbons (Fsp3) is 0.529. The number of carbonyl (C=O) groups excluding carboxylic acids is 1. The number of ether oxygens (including phenoxy) is 1. The van der Waals surface area contributed by atoms with Crippen molar-refractivity contribution in [2.24, 2.45) is 0 Å². The van der Waals surface area contributed by atoms with Crippen LogP contribution in [0.1, 0.15) is 23.5 Å². The second-order valence-electron chi connectivity index (χ2n) is 6.36. The van der Waals surface area contributed by atoms with Crippen molar-refractivity contribution in [2.45, 2.75) is 39.3 Å². The first-order valence-corrected chi connectivity index (χ1v) is 8.45. The predicted octanol–water partition coefficient (Wildman–Crippen LogP) is 0.443. The van der Waals surface area contributed by atoms with E-state index in [0.29, 0.717) is 26.1 Å². The van der Waals surface area contributed by atoms with Crippen LogP contribution in [-0.2, 0) is 22.5 Å². The monoisotopic (exact) mass is 345 g/mol. The molecule has 134 valence electrons. The molecule has 0 aliphatic carbocycles. The minimum atomic E-state index is -0.156. The summed E-state index contributed by atoms with van der Waals surface area (Å²) in [6.45, 7) is 5.79. The van der Waals surface area contributed by atoms with Crippen LogP contribution in [0.5, 0.6) is 0 Å². The molecule has 0 aromatic carbocycles. The van der Waals surface area contributed by atoms with Gasteiger partial charge in [0.05, 0.1) is 24.7 Å². The summed E-state index contributed by atoms with van der Waals surface area (Å²) in [5.41, 5.74) is 2.47. The van der Waals surface area contributed by atoms with E-state index in [4.69, 9.17) is 4.74 Å². The number of amides is 1. The fourth-order valence-electron chi connectivity index (χ4n) is 3.04. The molecule has 0 radical (unpaired) electrons. The van der Waals surface area contributed by atoms with Crippen molar-refractivity contribution in [1.29, 1.82) is 0 Å². The number of aromatic amines is 1. The number of rotatable bonds is 5. The van der Waals surface area contributed by atoms with Gasteiger partial charge in [0, 0.05) is 30.5 Å². The van der Waals surface area contributed by atoms with Crippen LogP contribution >= 0.6 is 0 Å². The lowest BCUT2D eigenvalue weighted by atomic mass is 10.1. The average Bonchev–Trinajstić information content (AvgIpc) is 2.90. The number of hydrogen-bond acceptors (Lipinski definition) is 5. The van der Waals surface area contributed by atoms with E-state index in [-0.39, 0.29) is 24.1 Å². The van der Waals surface area contributed by atoms with Crippen molar-refractivity contribution >= 4 is 5.91 Å². The van der Waals surface area contributed by atoms with Gasteiger partial charge in [0.15, 0.2) is 0 Å². The Labute approximate surface area is 145 Å². The topological polar surface area (TPSA) is 93.1 Å². The molecule has 2 aromatic rings. The lowest BCUT2D eigenvalue weighted by Gasteiger charge is -2.33. The summed E-state index contributed by atoms with van der Waals surface area (Å²) >= 11 is 0. The van der Waals surface area contributed by atoms with Gasteiger partial charge in [0.25, 0.3) is 5.56 Å². The highest BCUT2D eigenvalue weighted by Gasteiger charge is 2.24. The van der Waals surface area contributed by atoms with Crippen molar-refractivity contribution in [2.75, 3.05) is 19.7 Å². The van der Waals surface area contributed by atoms with Crippen LogP contribution in [0.4, 0.5) is 0 Å². The quantitative estimate of drug-likeness (QED) is 0.849. The van der Waals surface area contributed by atoms with E-state index in [2.05, 4.69) is 15.1 Å². The Morgan fingerprint density at radius 1 is 1.40 bits per heavy atom. The molecule has 8 nitrogen and oxygen atoms in total. The van der Waals surface area contributed by atoms with E-state index in [1.807, 2.05) is 24.8 Å². The Kier molecular flexibility index (Phi) is 5.28. The van der Waals surface area contributed by atoms with Crippen LogP contribution in [0, 0.1) is 13.8 Å². The zero-order chi connectivity index (χ0) is 17.8. The molecule has 1 atom stereocenters. The number of nitrogens with one attached hydrogen (secondary N) is 1. The molecule has 1 N–H and O–H groups in total. The molecule has 25 heavy (non-hydrogen) atoms. The molecule has 0 bridgehead atoms. The fourth-order valence-corrected chi connectivity index (χ4v) is 3.04. The molecule has 0 saturated carbocycles. The Morgan fingerprint density at radius 2 is 2.24 bits per heavy atom. The van der Waals surface area contributed by atoms with Gasteiger partial charge in [-0.3, -0.25) is 14.3 Å². The first kappa shape index (κ1) is 17.3. The number of nitrogens with zero attached hydrogens (tertiary/aromatic N) is 4. The Morgan fingerprint density at radius 3 is 2.96 bits per heavy atom. The van der Waals surface area contributed by atoms with E-state index in [1.54, 1.807) is 4.68 Å². The van der Waals surface area contributed by atoms with Crippen LogP contribution in [0.15, 0.2) is 23.3 Å². The van der Waals surface area contributed by atoms with Gasteiger partial charge in [-0.1, -0.05) is 0 Å². The average molecular weight is 345 g/mol. The minimum Gasteiger partial charge on any atom is -0.375 e. The van der Waals surface area contributed by atoms with E-state index in [0.717, 1.165) is 23.5 Å². The molecular formula is C17H23N5O3. The number of carbonyl (C=O) groups is 1. The number of hydrogen-bond donors (Lipinski definition) is 1. The summed E-state index contributed by atoms with van der Waals surface area (Å²) in [5, 5.41) is 4.35. The van der Waals surface area contributed by atoms with Gasteiger partial charge < -0.3 is 14.6 Å². The Bertz CT molecular complexity index is 798. The maximum atomic E-state index is 12.5. The third-order valence-corrected chi connectivity index (χ3v) is 4.34. The summed E-state index contributed by atoms with van der Waals surface area (Å²) in [4.78, 5) is 32.3. The van der Waals surface area contributed by atoms with Gasteiger partial charge in [-0.05, 0) is 32.8 Å². The highest BCUT2D eigenvalue weighted by Crippen LogP contribution is 2.12. The van der Waals surface area contributed by atoms with Gasteiger partial charge in [-0.25, -0.2) is 4.98 Å². The second kappa shape index (κ2) is 7.60. The summed E-state index contributed by atoms with van der Waals surface area (Å²) in [7, 11) is 0. The lowest BCUT2D eigenvalue weighted by molar-refractivity contribution is -0.139. The van der Waals surface area contributed by atoms with Crippen LogP contribution < -0.4 is 5.56 Å².